The summed E-state index contributed by atoms with van der Waals surface area (Å²) in [5, 5.41) is 10.2. The summed E-state index contributed by atoms with van der Waals surface area (Å²) in [6, 6.07) is 4.86. The zero-order valence-electron chi connectivity index (χ0n) is 9.67. The number of methoxy groups -OCH3 is 1. The van der Waals surface area contributed by atoms with Crippen LogP contribution >= 0.6 is 0 Å². The lowest BCUT2D eigenvalue weighted by atomic mass is 10.0. The highest BCUT2D eigenvalue weighted by atomic mass is 16.6. The van der Waals surface area contributed by atoms with Crippen LogP contribution in [0.15, 0.2) is 24.4 Å². The fraction of sp³-hybridized carbons (Fsp3) is 0.250. The second kappa shape index (κ2) is 5.79. The Balaban J connectivity index is 3.08. The van der Waals surface area contributed by atoms with Gasteiger partial charge in [-0.25, -0.2) is 0 Å². The Hall–Kier alpha value is -2.17. The number of hydrogen-bond donors (Lipinski definition) is 0. The SMILES string of the molecule is CCC(=O)c1ccc(/C=C/[N+](=O)[O-])cc1OC. The molecule has 0 fully saturated rings. The average Bonchev–Trinajstić information content (AvgIpc) is 2.34. The number of ketones is 1. The molecule has 0 atom stereocenters. The van der Waals surface area contributed by atoms with Gasteiger partial charge in [0.25, 0.3) is 0 Å². The summed E-state index contributed by atoms with van der Waals surface area (Å²) in [5.74, 6) is 0.411. The van der Waals surface area contributed by atoms with Gasteiger partial charge in [-0.3, -0.25) is 14.9 Å². The van der Waals surface area contributed by atoms with Crippen LogP contribution in [-0.2, 0) is 0 Å². The number of carbonyl (C=O) groups is 1. The highest BCUT2D eigenvalue weighted by molar-refractivity contribution is 5.98. The molecular formula is C12H13NO4. The summed E-state index contributed by atoms with van der Waals surface area (Å²) >= 11 is 0. The molecule has 0 saturated heterocycles. The highest BCUT2D eigenvalue weighted by Gasteiger charge is 2.10. The number of Topliss-reactive ketones (excluding diaryl/α,β-unsaturated/α-hetero) is 1. The van der Waals surface area contributed by atoms with Crippen LogP contribution < -0.4 is 4.74 Å². The predicted molar refractivity (Wildman–Crippen MR) is 63.6 cm³/mol. The quantitative estimate of drug-likeness (QED) is 0.446. The minimum absolute atomic E-state index is 0.0216. The largest absolute Gasteiger partial charge is 0.496 e. The molecule has 0 spiro atoms. The third kappa shape index (κ3) is 3.41. The molecule has 0 aliphatic heterocycles. The fourth-order valence-electron chi connectivity index (χ4n) is 1.38. The van der Waals surface area contributed by atoms with Gasteiger partial charge in [-0.05, 0) is 17.7 Å². The topological polar surface area (TPSA) is 69.4 Å². The van der Waals surface area contributed by atoms with Crippen molar-refractivity contribution in [2.75, 3.05) is 7.11 Å². The molecular weight excluding hydrogens is 222 g/mol. The van der Waals surface area contributed by atoms with Gasteiger partial charge in [0, 0.05) is 12.5 Å². The second-order valence-corrected chi connectivity index (χ2v) is 3.34. The maximum Gasteiger partial charge on any atom is 0.235 e. The molecule has 0 aromatic heterocycles. The molecule has 1 aromatic carbocycles. The van der Waals surface area contributed by atoms with E-state index < -0.39 is 4.92 Å². The van der Waals surface area contributed by atoms with Crippen molar-refractivity contribution in [1.82, 2.24) is 0 Å². The molecule has 0 unspecified atom stereocenters. The first kappa shape index (κ1) is 12.9. The predicted octanol–water partition coefficient (Wildman–Crippen LogP) is 2.54. The molecule has 0 heterocycles. The molecule has 1 rings (SSSR count). The minimum Gasteiger partial charge on any atom is -0.496 e. The van der Waals surface area contributed by atoms with Crippen molar-refractivity contribution in [3.05, 3.63) is 45.6 Å². The normalized spacial score (nSPS) is 10.5. The van der Waals surface area contributed by atoms with E-state index in [4.69, 9.17) is 4.74 Å². The number of nitro groups is 1. The van der Waals surface area contributed by atoms with Crippen molar-refractivity contribution in [2.24, 2.45) is 0 Å². The van der Waals surface area contributed by atoms with Crippen molar-refractivity contribution in [2.45, 2.75) is 13.3 Å². The Bertz CT molecular complexity index is 466. The summed E-state index contributed by atoms with van der Waals surface area (Å²) in [6.45, 7) is 1.77. The molecule has 90 valence electrons. The van der Waals surface area contributed by atoms with Crippen molar-refractivity contribution < 1.29 is 14.5 Å². The summed E-state index contributed by atoms with van der Waals surface area (Å²) in [7, 11) is 1.46. The Morgan fingerprint density at radius 2 is 2.24 bits per heavy atom. The first-order valence-corrected chi connectivity index (χ1v) is 5.11. The van der Waals surface area contributed by atoms with E-state index in [0.717, 1.165) is 6.20 Å². The van der Waals surface area contributed by atoms with Gasteiger partial charge in [0.1, 0.15) is 5.75 Å². The van der Waals surface area contributed by atoms with Gasteiger partial charge >= 0.3 is 0 Å². The van der Waals surface area contributed by atoms with Crippen molar-refractivity contribution in [3.63, 3.8) is 0 Å². The molecule has 0 amide bonds. The minimum atomic E-state index is -0.544. The second-order valence-electron chi connectivity index (χ2n) is 3.34. The highest BCUT2D eigenvalue weighted by Crippen LogP contribution is 2.22. The molecule has 5 nitrogen and oxygen atoms in total. The van der Waals surface area contributed by atoms with Gasteiger partial charge in [0.05, 0.1) is 17.6 Å². The van der Waals surface area contributed by atoms with Crippen LogP contribution in [0.4, 0.5) is 0 Å². The molecule has 0 bridgehead atoms. The van der Waals surface area contributed by atoms with Gasteiger partial charge in [-0.2, -0.15) is 0 Å². The van der Waals surface area contributed by atoms with E-state index in [2.05, 4.69) is 0 Å². The van der Waals surface area contributed by atoms with Crippen LogP contribution in [0.5, 0.6) is 5.75 Å². The van der Waals surface area contributed by atoms with Gasteiger partial charge in [-0.15, -0.1) is 0 Å². The fourth-order valence-corrected chi connectivity index (χ4v) is 1.38. The van der Waals surface area contributed by atoms with Crippen LogP contribution in [0.2, 0.25) is 0 Å². The van der Waals surface area contributed by atoms with Crippen LogP contribution in [0, 0.1) is 10.1 Å². The van der Waals surface area contributed by atoms with Crippen molar-refractivity contribution in [3.8, 4) is 5.75 Å². The summed E-state index contributed by atoms with van der Waals surface area (Å²) in [5.41, 5.74) is 1.11. The third-order valence-electron chi connectivity index (χ3n) is 2.24. The van der Waals surface area contributed by atoms with Crippen LogP contribution in [0.25, 0.3) is 6.08 Å². The summed E-state index contributed by atoms with van der Waals surface area (Å²) in [6.07, 6.45) is 2.58. The lowest BCUT2D eigenvalue weighted by Gasteiger charge is -2.07. The maximum atomic E-state index is 11.6. The molecule has 17 heavy (non-hydrogen) atoms. The third-order valence-corrected chi connectivity index (χ3v) is 2.24. The average molecular weight is 235 g/mol. The van der Waals surface area contributed by atoms with Gasteiger partial charge in [0.15, 0.2) is 5.78 Å². The molecule has 0 N–H and O–H groups in total. The number of hydrogen-bond acceptors (Lipinski definition) is 4. The van der Waals surface area contributed by atoms with E-state index in [1.54, 1.807) is 25.1 Å². The van der Waals surface area contributed by atoms with E-state index in [0.29, 0.717) is 23.3 Å². The van der Waals surface area contributed by atoms with Crippen LogP contribution in [0.1, 0.15) is 29.3 Å². The Labute approximate surface area is 98.9 Å². The van der Waals surface area contributed by atoms with E-state index in [9.17, 15) is 14.9 Å². The summed E-state index contributed by atoms with van der Waals surface area (Å²) < 4.78 is 5.09. The number of benzene rings is 1. The van der Waals surface area contributed by atoms with Gasteiger partial charge in [-0.1, -0.05) is 13.0 Å². The Kier molecular flexibility index (Phi) is 4.39. The molecule has 0 radical (unpaired) electrons. The monoisotopic (exact) mass is 235 g/mol. The molecule has 1 aromatic rings. The molecule has 0 aliphatic carbocycles. The van der Waals surface area contributed by atoms with E-state index in [1.165, 1.54) is 13.2 Å². The Morgan fingerprint density at radius 3 is 2.76 bits per heavy atom. The molecule has 0 aliphatic rings. The van der Waals surface area contributed by atoms with Crippen LogP contribution in [-0.4, -0.2) is 17.8 Å². The van der Waals surface area contributed by atoms with Gasteiger partial charge in [0.2, 0.25) is 6.20 Å². The van der Waals surface area contributed by atoms with Gasteiger partial charge < -0.3 is 4.74 Å². The number of carbonyl (C=O) groups excluding carboxylic acids is 1. The summed E-state index contributed by atoms with van der Waals surface area (Å²) in [4.78, 5) is 21.2. The number of rotatable bonds is 5. The standard InChI is InChI=1S/C12H13NO4/c1-3-11(14)10-5-4-9(6-7-13(15)16)8-12(10)17-2/h4-8H,3H2,1-2H3/b7-6+. The molecule has 5 heteroatoms. The zero-order chi connectivity index (χ0) is 12.8. The van der Waals surface area contributed by atoms with E-state index in [1.807, 2.05) is 0 Å². The Morgan fingerprint density at radius 1 is 1.53 bits per heavy atom. The maximum absolute atomic E-state index is 11.6. The number of ether oxygens (including phenoxy) is 1. The first-order valence-electron chi connectivity index (χ1n) is 5.11. The first-order chi connectivity index (χ1) is 8.08. The van der Waals surface area contributed by atoms with E-state index >= 15 is 0 Å². The molecule has 0 saturated carbocycles. The van der Waals surface area contributed by atoms with Crippen molar-refractivity contribution in [1.29, 1.82) is 0 Å². The van der Waals surface area contributed by atoms with E-state index in [-0.39, 0.29) is 5.78 Å². The smallest absolute Gasteiger partial charge is 0.235 e. The van der Waals surface area contributed by atoms with Crippen molar-refractivity contribution >= 4 is 11.9 Å². The lowest BCUT2D eigenvalue weighted by molar-refractivity contribution is -0.400. The number of nitrogens with zero attached hydrogens (tertiary/aromatic N) is 1. The lowest BCUT2D eigenvalue weighted by Crippen LogP contribution is -2.00. The zero-order valence-corrected chi connectivity index (χ0v) is 9.67. The van der Waals surface area contributed by atoms with Crippen LogP contribution in [0.3, 0.4) is 0 Å².